The van der Waals surface area contributed by atoms with Crippen LogP contribution in [0.4, 0.5) is 14.5 Å². The summed E-state index contributed by atoms with van der Waals surface area (Å²) < 4.78 is 24.8. The Morgan fingerprint density at radius 3 is 2.67 bits per heavy atom. The van der Waals surface area contributed by atoms with Crippen LogP contribution in [0.1, 0.15) is 17.7 Å². The van der Waals surface area contributed by atoms with Gasteiger partial charge in [-0.05, 0) is 11.6 Å². The van der Waals surface area contributed by atoms with Gasteiger partial charge in [0.05, 0.1) is 17.8 Å². The highest BCUT2D eigenvalue weighted by Gasteiger charge is 2.17. The monoisotopic (exact) mass is 218 g/mol. The third kappa shape index (κ3) is 2.52. The van der Waals surface area contributed by atoms with Gasteiger partial charge in [-0.1, -0.05) is 0 Å². The number of halogens is 2. The van der Waals surface area contributed by atoms with E-state index in [1.807, 2.05) is 4.98 Å². The number of rotatable bonds is 3. The number of nitrogens with two attached hydrogens (primary N) is 1. The number of pyridine rings is 1. The Bertz CT molecular complexity index is 442. The third-order valence-electron chi connectivity index (χ3n) is 1.75. The minimum atomic E-state index is -2.94. The predicted molar refractivity (Wildman–Crippen MR) is 47.8 cm³/mol. The molecule has 0 aliphatic heterocycles. The summed E-state index contributed by atoms with van der Waals surface area (Å²) in [7, 11) is 0. The Hall–Kier alpha value is -1.92. The van der Waals surface area contributed by atoms with Crippen LogP contribution in [0.2, 0.25) is 0 Å². The summed E-state index contributed by atoms with van der Waals surface area (Å²) in [5.74, 6) is -1.27. The summed E-state index contributed by atoms with van der Waals surface area (Å²) in [4.78, 5) is 23.1. The van der Waals surface area contributed by atoms with Crippen LogP contribution < -0.4 is 11.3 Å². The van der Waals surface area contributed by atoms with Crippen LogP contribution >= 0.6 is 0 Å². The second kappa shape index (κ2) is 4.07. The van der Waals surface area contributed by atoms with Gasteiger partial charge in [0.25, 0.3) is 12.0 Å². The standard InChI is InChI=1S/C8H8F2N2O3/c9-7(10)6-3(2-5(13)14)1-4(11)8(15)12-6/h1,7H,2,11H2,(H,12,15)(H,13,14). The summed E-state index contributed by atoms with van der Waals surface area (Å²) in [6.07, 6.45) is -3.55. The first-order valence-electron chi connectivity index (χ1n) is 3.93. The Morgan fingerprint density at radius 1 is 1.60 bits per heavy atom. The molecule has 0 unspecified atom stereocenters. The second-order valence-corrected chi connectivity index (χ2v) is 2.86. The first kappa shape index (κ1) is 11.2. The normalized spacial score (nSPS) is 10.6. The SMILES string of the molecule is Nc1cc(CC(=O)O)c(C(F)F)[nH]c1=O. The maximum absolute atomic E-state index is 12.4. The zero-order valence-electron chi connectivity index (χ0n) is 7.46. The number of carboxylic acid groups (broad SMARTS) is 1. The van der Waals surface area contributed by atoms with Crippen LogP contribution in [-0.4, -0.2) is 16.1 Å². The second-order valence-electron chi connectivity index (χ2n) is 2.86. The van der Waals surface area contributed by atoms with Crippen LogP contribution in [0.5, 0.6) is 0 Å². The van der Waals surface area contributed by atoms with E-state index in [-0.39, 0.29) is 11.3 Å². The molecule has 0 aromatic carbocycles. The average molecular weight is 218 g/mol. The predicted octanol–water partition coefficient (Wildman–Crippen LogP) is 0.522. The van der Waals surface area contributed by atoms with Crippen molar-refractivity contribution in [3.8, 4) is 0 Å². The van der Waals surface area contributed by atoms with Crippen molar-refractivity contribution < 1.29 is 18.7 Å². The molecule has 1 aromatic heterocycles. The fourth-order valence-electron chi connectivity index (χ4n) is 1.11. The molecular weight excluding hydrogens is 210 g/mol. The van der Waals surface area contributed by atoms with Crippen LogP contribution in [0.15, 0.2) is 10.9 Å². The van der Waals surface area contributed by atoms with Gasteiger partial charge in [-0.25, -0.2) is 8.78 Å². The molecule has 0 aliphatic carbocycles. The molecule has 0 radical (unpaired) electrons. The maximum atomic E-state index is 12.4. The van der Waals surface area contributed by atoms with E-state index in [0.717, 1.165) is 6.07 Å². The number of aromatic nitrogens is 1. The number of aliphatic carboxylic acids is 1. The van der Waals surface area contributed by atoms with Crippen molar-refractivity contribution in [2.75, 3.05) is 5.73 Å². The summed E-state index contributed by atoms with van der Waals surface area (Å²) in [6.45, 7) is 0. The topological polar surface area (TPSA) is 96.2 Å². The van der Waals surface area contributed by atoms with Crippen LogP contribution in [0.25, 0.3) is 0 Å². The van der Waals surface area contributed by atoms with Crippen LogP contribution in [-0.2, 0) is 11.2 Å². The fourth-order valence-corrected chi connectivity index (χ4v) is 1.11. The molecule has 0 spiro atoms. The van der Waals surface area contributed by atoms with Gasteiger partial charge >= 0.3 is 5.97 Å². The van der Waals surface area contributed by atoms with Crippen molar-refractivity contribution >= 4 is 11.7 Å². The summed E-state index contributed by atoms with van der Waals surface area (Å²) in [5, 5.41) is 8.46. The molecule has 1 heterocycles. The number of hydrogen-bond donors (Lipinski definition) is 3. The van der Waals surface area contributed by atoms with Crippen molar-refractivity contribution in [2.45, 2.75) is 12.8 Å². The van der Waals surface area contributed by atoms with Gasteiger partial charge in [-0.15, -0.1) is 0 Å². The van der Waals surface area contributed by atoms with Gasteiger partial charge in [0.15, 0.2) is 0 Å². The third-order valence-corrected chi connectivity index (χ3v) is 1.75. The maximum Gasteiger partial charge on any atom is 0.307 e. The Balaban J connectivity index is 3.28. The lowest BCUT2D eigenvalue weighted by Gasteiger charge is -2.07. The number of nitrogens with one attached hydrogen (secondary N) is 1. The zero-order chi connectivity index (χ0) is 11.6. The van der Waals surface area contributed by atoms with Gasteiger partial charge in [-0.3, -0.25) is 9.59 Å². The molecule has 0 fully saturated rings. The molecule has 0 saturated heterocycles. The van der Waals surface area contributed by atoms with Crippen LogP contribution in [0.3, 0.4) is 0 Å². The van der Waals surface area contributed by atoms with Crippen molar-refractivity contribution in [3.63, 3.8) is 0 Å². The van der Waals surface area contributed by atoms with E-state index in [4.69, 9.17) is 10.8 Å². The molecule has 0 aliphatic rings. The van der Waals surface area contributed by atoms with Crippen molar-refractivity contribution in [1.29, 1.82) is 0 Å². The first-order chi connectivity index (χ1) is 6.91. The number of carbonyl (C=O) groups is 1. The van der Waals surface area contributed by atoms with E-state index in [0.29, 0.717) is 0 Å². The highest BCUT2D eigenvalue weighted by molar-refractivity contribution is 5.71. The highest BCUT2D eigenvalue weighted by Crippen LogP contribution is 2.20. The first-order valence-corrected chi connectivity index (χ1v) is 3.93. The number of carboxylic acids is 1. The molecule has 15 heavy (non-hydrogen) atoms. The quantitative estimate of drug-likeness (QED) is 0.689. The molecule has 1 aromatic rings. The van der Waals surface area contributed by atoms with E-state index in [2.05, 4.69) is 0 Å². The number of alkyl halides is 2. The molecule has 4 N–H and O–H groups in total. The number of aromatic amines is 1. The van der Waals surface area contributed by atoms with Gasteiger partial charge in [-0.2, -0.15) is 0 Å². The number of nitrogen functional groups attached to an aromatic ring is 1. The lowest BCUT2D eigenvalue weighted by Crippen LogP contribution is -2.17. The summed E-state index contributed by atoms with van der Waals surface area (Å²) in [6, 6.07) is 0.953. The van der Waals surface area contributed by atoms with Crippen LogP contribution in [0, 0.1) is 0 Å². The highest BCUT2D eigenvalue weighted by atomic mass is 19.3. The van der Waals surface area contributed by atoms with Gasteiger partial charge in [0.2, 0.25) is 0 Å². The van der Waals surface area contributed by atoms with Crippen molar-refractivity contribution in [1.82, 2.24) is 4.98 Å². The van der Waals surface area contributed by atoms with Crippen molar-refractivity contribution in [3.05, 3.63) is 27.7 Å². The largest absolute Gasteiger partial charge is 0.481 e. The Morgan fingerprint density at radius 2 is 2.20 bits per heavy atom. The van der Waals surface area contributed by atoms with E-state index in [1.165, 1.54) is 0 Å². The van der Waals surface area contributed by atoms with E-state index >= 15 is 0 Å². The minimum Gasteiger partial charge on any atom is -0.481 e. The molecule has 1 rings (SSSR count). The molecular formula is C8H8F2N2O3. The van der Waals surface area contributed by atoms with E-state index < -0.39 is 30.1 Å². The summed E-state index contributed by atoms with van der Waals surface area (Å²) in [5.41, 5.74) is 3.17. The Kier molecular flexibility index (Phi) is 3.03. The smallest absolute Gasteiger partial charge is 0.307 e. The Labute approximate surface area is 82.5 Å². The van der Waals surface area contributed by atoms with E-state index in [9.17, 15) is 18.4 Å². The fraction of sp³-hybridized carbons (Fsp3) is 0.250. The lowest BCUT2D eigenvalue weighted by atomic mass is 10.1. The lowest BCUT2D eigenvalue weighted by molar-refractivity contribution is -0.136. The number of hydrogen-bond acceptors (Lipinski definition) is 3. The molecule has 5 nitrogen and oxygen atoms in total. The number of anilines is 1. The molecule has 0 atom stereocenters. The minimum absolute atomic E-state index is 0.186. The van der Waals surface area contributed by atoms with Gasteiger partial charge < -0.3 is 15.8 Å². The molecule has 0 amide bonds. The average Bonchev–Trinajstić information content (AvgIpc) is 2.09. The molecule has 82 valence electrons. The van der Waals surface area contributed by atoms with E-state index in [1.54, 1.807) is 0 Å². The molecule has 0 bridgehead atoms. The molecule has 0 saturated carbocycles. The van der Waals surface area contributed by atoms with Gasteiger partial charge in [0.1, 0.15) is 0 Å². The molecule has 7 heteroatoms. The zero-order valence-corrected chi connectivity index (χ0v) is 7.46. The summed E-state index contributed by atoms with van der Waals surface area (Å²) >= 11 is 0. The van der Waals surface area contributed by atoms with Gasteiger partial charge in [0, 0.05) is 0 Å². The van der Waals surface area contributed by atoms with Crippen molar-refractivity contribution in [2.24, 2.45) is 0 Å². The number of H-pyrrole nitrogens is 1.